The molecule has 0 bridgehead atoms. The Kier molecular flexibility index (Phi) is 3.50. The number of piperazine rings is 1. The molecule has 1 atom stereocenters. The van der Waals surface area contributed by atoms with Gasteiger partial charge in [0.05, 0.1) is 0 Å². The number of anilines is 1. The quantitative estimate of drug-likeness (QED) is 0.884. The molecule has 1 aromatic carbocycles. The third kappa shape index (κ3) is 2.30. The van der Waals surface area contributed by atoms with Gasteiger partial charge in [-0.3, -0.25) is 14.5 Å². The van der Waals surface area contributed by atoms with E-state index in [4.69, 9.17) is 0 Å². The van der Waals surface area contributed by atoms with E-state index in [9.17, 15) is 18.4 Å². The first-order chi connectivity index (χ1) is 8.95. The number of halogens is 2. The molecule has 2 amide bonds. The normalized spacial score (nSPS) is 19.6. The summed E-state index contributed by atoms with van der Waals surface area (Å²) in [5, 5.41) is 2.49. The predicted molar refractivity (Wildman–Crippen MR) is 65.7 cm³/mol. The lowest BCUT2D eigenvalue weighted by molar-refractivity contribution is -0.131. The molecule has 1 heterocycles. The summed E-state index contributed by atoms with van der Waals surface area (Å²) in [6, 6.07) is 1.65. The highest BCUT2D eigenvalue weighted by molar-refractivity contribution is 6.06. The molecule has 1 unspecified atom stereocenters. The van der Waals surface area contributed by atoms with E-state index in [1.165, 1.54) is 13.0 Å². The van der Waals surface area contributed by atoms with E-state index in [1.807, 2.05) is 0 Å². The van der Waals surface area contributed by atoms with E-state index in [1.54, 1.807) is 6.92 Å². The number of amides is 2. The molecule has 2 rings (SSSR count). The first-order valence-electron chi connectivity index (χ1n) is 6.01. The molecule has 4 nitrogen and oxygen atoms in total. The lowest BCUT2D eigenvalue weighted by atomic mass is 10.1. The largest absolute Gasteiger partial charge is 0.343 e. The van der Waals surface area contributed by atoms with Gasteiger partial charge in [-0.15, -0.1) is 0 Å². The summed E-state index contributed by atoms with van der Waals surface area (Å²) in [7, 11) is 0. The van der Waals surface area contributed by atoms with Gasteiger partial charge in [-0.25, -0.2) is 8.78 Å². The first-order valence-corrected chi connectivity index (χ1v) is 6.01. The number of hydrogen-bond donors (Lipinski definition) is 1. The Hall–Kier alpha value is -1.98. The second kappa shape index (κ2) is 4.95. The standard InChI is InChI=1S/C13H14F2N2O2/c1-3-9-13(19)17(6-10(18)16-9)12-8(14)5-4-7(2)11(12)15/h4-5,9H,3,6H2,1-2H3,(H,16,18). The topological polar surface area (TPSA) is 49.4 Å². The summed E-state index contributed by atoms with van der Waals surface area (Å²) in [5.74, 6) is -2.57. The van der Waals surface area contributed by atoms with Crippen LogP contribution in [0, 0.1) is 18.6 Å². The number of nitrogens with zero attached hydrogens (tertiary/aromatic N) is 1. The fourth-order valence-corrected chi connectivity index (χ4v) is 2.07. The van der Waals surface area contributed by atoms with Gasteiger partial charge >= 0.3 is 0 Å². The predicted octanol–water partition coefficient (Wildman–Crippen LogP) is 1.51. The number of carbonyl (C=O) groups is 2. The monoisotopic (exact) mass is 268 g/mol. The SMILES string of the molecule is CCC1NC(=O)CN(c2c(F)ccc(C)c2F)C1=O. The molecule has 0 spiro atoms. The molecule has 1 fully saturated rings. The summed E-state index contributed by atoms with van der Waals surface area (Å²) in [6.45, 7) is 2.83. The van der Waals surface area contributed by atoms with Crippen molar-refractivity contribution < 1.29 is 18.4 Å². The van der Waals surface area contributed by atoms with Crippen molar-refractivity contribution in [3.8, 4) is 0 Å². The third-order valence-electron chi connectivity index (χ3n) is 3.14. The highest BCUT2D eigenvalue weighted by Gasteiger charge is 2.35. The van der Waals surface area contributed by atoms with Gasteiger partial charge in [0.2, 0.25) is 11.8 Å². The van der Waals surface area contributed by atoms with Crippen molar-refractivity contribution in [1.82, 2.24) is 5.32 Å². The molecular formula is C13H14F2N2O2. The number of benzene rings is 1. The molecule has 0 radical (unpaired) electrons. The zero-order chi connectivity index (χ0) is 14.2. The van der Waals surface area contributed by atoms with Crippen LogP contribution in [0.15, 0.2) is 12.1 Å². The van der Waals surface area contributed by atoms with E-state index in [2.05, 4.69) is 5.32 Å². The van der Waals surface area contributed by atoms with Crippen LogP contribution in [0.5, 0.6) is 0 Å². The molecule has 1 aliphatic rings. The number of rotatable bonds is 2. The highest BCUT2D eigenvalue weighted by atomic mass is 19.1. The van der Waals surface area contributed by atoms with Crippen molar-refractivity contribution in [1.29, 1.82) is 0 Å². The lowest BCUT2D eigenvalue weighted by Crippen LogP contribution is -2.58. The van der Waals surface area contributed by atoms with Crippen molar-refractivity contribution in [3.63, 3.8) is 0 Å². The van der Waals surface area contributed by atoms with Crippen molar-refractivity contribution in [3.05, 3.63) is 29.3 Å². The summed E-state index contributed by atoms with van der Waals surface area (Å²) in [5.41, 5.74) is -0.221. The van der Waals surface area contributed by atoms with E-state index in [0.717, 1.165) is 11.0 Å². The Morgan fingerprint density at radius 3 is 2.68 bits per heavy atom. The molecule has 0 saturated carbocycles. The van der Waals surface area contributed by atoms with E-state index >= 15 is 0 Å². The Morgan fingerprint density at radius 2 is 2.05 bits per heavy atom. The van der Waals surface area contributed by atoms with Gasteiger partial charge in [-0.05, 0) is 25.0 Å². The van der Waals surface area contributed by atoms with Gasteiger partial charge in [-0.1, -0.05) is 13.0 Å². The van der Waals surface area contributed by atoms with Crippen LogP contribution in [-0.4, -0.2) is 24.4 Å². The lowest BCUT2D eigenvalue weighted by Gasteiger charge is -2.32. The zero-order valence-corrected chi connectivity index (χ0v) is 10.7. The maximum atomic E-state index is 14.0. The van der Waals surface area contributed by atoms with Crippen molar-refractivity contribution in [2.24, 2.45) is 0 Å². The summed E-state index contributed by atoms with van der Waals surface area (Å²) < 4.78 is 27.8. The zero-order valence-electron chi connectivity index (χ0n) is 10.7. The van der Waals surface area contributed by atoms with E-state index in [0.29, 0.717) is 6.42 Å². The van der Waals surface area contributed by atoms with Gasteiger partial charge in [0, 0.05) is 0 Å². The highest BCUT2D eigenvalue weighted by Crippen LogP contribution is 2.27. The van der Waals surface area contributed by atoms with Gasteiger partial charge in [0.25, 0.3) is 0 Å². The molecule has 1 saturated heterocycles. The third-order valence-corrected chi connectivity index (χ3v) is 3.14. The van der Waals surface area contributed by atoms with Crippen LogP contribution in [0.25, 0.3) is 0 Å². The van der Waals surface area contributed by atoms with Crippen molar-refractivity contribution in [2.75, 3.05) is 11.4 Å². The average Bonchev–Trinajstić information content (AvgIpc) is 2.38. The number of nitrogens with one attached hydrogen (secondary N) is 1. The van der Waals surface area contributed by atoms with Crippen LogP contribution in [0.2, 0.25) is 0 Å². The molecule has 1 aliphatic heterocycles. The van der Waals surface area contributed by atoms with Gasteiger partial charge in [0.1, 0.15) is 24.1 Å². The number of aryl methyl sites for hydroxylation is 1. The van der Waals surface area contributed by atoms with Crippen LogP contribution in [-0.2, 0) is 9.59 Å². The molecule has 6 heteroatoms. The second-order valence-corrected chi connectivity index (χ2v) is 4.48. The second-order valence-electron chi connectivity index (χ2n) is 4.48. The molecule has 1 aromatic rings. The Bertz CT molecular complexity index is 546. The summed E-state index contributed by atoms with van der Waals surface area (Å²) >= 11 is 0. The molecule has 102 valence electrons. The van der Waals surface area contributed by atoms with Crippen LogP contribution in [0.4, 0.5) is 14.5 Å². The van der Waals surface area contributed by atoms with Gasteiger partial charge in [-0.2, -0.15) is 0 Å². The summed E-state index contributed by atoms with van der Waals surface area (Å²) in [4.78, 5) is 24.5. The Morgan fingerprint density at radius 1 is 1.37 bits per heavy atom. The number of hydrogen-bond acceptors (Lipinski definition) is 2. The van der Waals surface area contributed by atoms with E-state index < -0.39 is 35.2 Å². The minimum absolute atomic E-state index is 0.225. The maximum Gasteiger partial charge on any atom is 0.250 e. The van der Waals surface area contributed by atoms with Crippen LogP contribution in [0.3, 0.4) is 0 Å². The molecule has 0 aliphatic carbocycles. The Balaban J connectivity index is 2.48. The molecule has 1 N–H and O–H groups in total. The van der Waals surface area contributed by atoms with Gasteiger partial charge in [0.15, 0.2) is 5.82 Å². The van der Waals surface area contributed by atoms with Crippen LogP contribution >= 0.6 is 0 Å². The van der Waals surface area contributed by atoms with Gasteiger partial charge < -0.3 is 5.32 Å². The average molecular weight is 268 g/mol. The van der Waals surface area contributed by atoms with Crippen LogP contribution in [0.1, 0.15) is 18.9 Å². The van der Waals surface area contributed by atoms with Crippen LogP contribution < -0.4 is 10.2 Å². The molecular weight excluding hydrogens is 254 g/mol. The Labute approximate surface area is 109 Å². The maximum absolute atomic E-state index is 14.0. The molecule has 19 heavy (non-hydrogen) atoms. The van der Waals surface area contributed by atoms with E-state index in [-0.39, 0.29) is 12.1 Å². The number of carbonyl (C=O) groups excluding carboxylic acids is 2. The smallest absolute Gasteiger partial charge is 0.250 e. The fraction of sp³-hybridized carbons (Fsp3) is 0.385. The summed E-state index contributed by atoms with van der Waals surface area (Å²) in [6.07, 6.45) is 0.371. The minimum atomic E-state index is -0.846. The molecule has 0 aromatic heterocycles. The minimum Gasteiger partial charge on any atom is -0.343 e. The van der Waals surface area contributed by atoms with Crippen molar-refractivity contribution >= 4 is 17.5 Å². The fourth-order valence-electron chi connectivity index (χ4n) is 2.07. The van der Waals surface area contributed by atoms with Crippen molar-refractivity contribution in [2.45, 2.75) is 26.3 Å². The first kappa shape index (κ1) is 13.5.